The summed E-state index contributed by atoms with van der Waals surface area (Å²) in [7, 11) is 0. The molecule has 1 aliphatic rings. The third-order valence-corrected chi connectivity index (χ3v) is 8.66. The lowest BCUT2D eigenvalue weighted by Gasteiger charge is -2.42. The van der Waals surface area contributed by atoms with Gasteiger partial charge < -0.3 is 11.1 Å². The average molecular weight is 626 g/mol. The fourth-order valence-corrected chi connectivity index (χ4v) is 6.11. The van der Waals surface area contributed by atoms with Crippen LogP contribution in [-0.2, 0) is 38.5 Å². The lowest BCUT2D eigenvalue weighted by Crippen LogP contribution is -2.48. The number of anilines is 1. The largest absolute Gasteiger partial charge is 0.416 e. The SMILES string of the molecule is CCc1cccc(CC)c1-n1nc2c(c1-c1cc(F)c(NC(N)=O)cc1F)CN(Cc1cc(C(F)(F)F)ccc1C)C(C)(C)C2. The molecule has 1 aliphatic heterocycles. The first-order chi connectivity index (χ1) is 21.1. The van der Waals surface area contributed by atoms with Crippen LogP contribution in [-0.4, -0.2) is 26.3 Å². The summed E-state index contributed by atoms with van der Waals surface area (Å²) in [5.74, 6) is -1.67. The molecule has 11 heteroatoms. The topological polar surface area (TPSA) is 76.2 Å². The van der Waals surface area contributed by atoms with Gasteiger partial charge in [-0.2, -0.15) is 18.3 Å². The fraction of sp³-hybridized carbons (Fsp3) is 0.353. The van der Waals surface area contributed by atoms with Crippen molar-refractivity contribution in [2.45, 2.75) is 78.7 Å². The van der Waals surface area contributed by atoms with Gasteiger partial charge in [-0.05, 0) is 74.1 Å². The number of para-hydroxylation sites is 1. The number of nitrogens with one attached hydrogen (secondary N) is 1. The summed E-state index contributed by atoms with van der Waals surface area (Å²) < 4.78 is 73.8. The van der Waals surface area contributed by atoms with Gasteiger partial charge in [0.2, 0.25) is 0 Å². The summed E-state index contributed by atoms with van der Waals surface area (Å²) in [5.41, 5.74) is 9.12. The van der Waals surface area contributed by atoms with E-state index in [4.69, 9.17) is 10.8 Å². The number of halogens is 5. The zero-order chi connectivity index (χ0) is 32.8. The first-order valence-electron chi connectivity index (χ1n) is 14.8. The number of aromatic nitrogens is 2. The van der Waals surface area contributed by atoms with Crippen LogP contribution in [0, 0.1) is 18.6 Å². The standard InChI is InChI=1S/C34H36F5N5O/c1-6-20-9-8-10-21(7-2)30(20)44-31(24-14-27(36)28(15-26(24)35)41-32(40)45)25-18-43(33(4,5)16-29(25)42-44)17-22-13-23(34(37,38)39)12-11-19(22)3/h8-15H,6-7,16-18H2,1-5H3,(H3,40,41,45). The number of carbonyl (C=O) groups excluding carboxylic acids is 1. The van der Waals surface area contributed by atoms with Crippen molar-refractivity contribution in [2.24, 2.45) is 5.73 Å². The normalized spacial score (nSPS) is 14.8. The quantitative estimate of drug-likeness (QED) is 0.204. The third kappa shape index (κ3) is 6.18. The molecule has 0 fully saturated rings. The first kappa shape index (κ1) is 32.2. The van der Waals surface area contributed by atoms with Gasteiger partial charge in [0.05, 0.1) is 28.3 Å². The predicted octanol–water partition coefficient (Wildman–Crippen LogP) is 8.10. The lowest BCUT2D eigenvalue weighted by molar-refractivity contribution is -0.137. The minimum absolute atomic E-state index is 0.0564. The molecule has 0 saturated heterocycles. The van der Waals surface area contributed by atoms with Gasteiger partial charge in [0, 0.05) is 42.2 Å². The van der Waals surface area contributed by atoms with Gasteiger partial charge in [0.1, 0.15) is 11.6 Å². The number of alkyl halides is 3. The van der Waals surface area contributed by atoms with E-state index in [0.717, 1.165) is 40.6 Å². The molecule has 6 nitrogen and oxygen atoms in total. The van der Waals surface area contributed by atoms with Gasteiger partial charge in [-0.15, -0.1) is 0 Å². The number of rotatable bonds is 7. The van der Waals surface area contributed by atoms with E-state index in [-0.39, 0.29) is 18.7 Å². The Morgan fingerprint density at radius 2 is 1.67 bits per heavy atom. The molecule has 0 aliphatic carbocycles. The van der Waals surface area contributed by atoms with Crippen molar-refractivity contribution >= 4 is 11.7 Å². The smallest absolute Gasteiger partial charge is 0.351 e. The van der Waals surface area contributed by atoms with Crippen molar-refractivity contribution in [3.05, 3.63) is 99.2 Å². The van der Waals surface area contributed by atoms with E-state index >= 15 is 8.78 Å². The molecular formula is C34H36F5N5O. The van der Waals surface area contributed by atoms with Crippen LogP contribution < -0.4 is 11.1 Å². The van der Waals surface area contributed by atoms with Gasteiger partial charge in [-0.1, -0.05) is 38.1 Å². The second-order valence-electron chi connectivity index (χ2n) is 12.1. The highest BCUT2D eigenvalue weighted by molar-refractivity contribution is 5.88. The van der Waals surface area contributed by atoms with Crippen LogP contribution in [0.3, 0.4) is 0 Å². The highest BCUT2D eigenvalue weighted by Crippen LogP contribution is 2.42. The molecular weight excluding hydrogens is 589 g/mol. The van der Waals surface area contributed by atoms with Gasteiger partial charge in [0.25, 0.3) is 0 Å². The maximum Gasteiger partial charge on any atom is 0.416 e. The molecule has 3 aromatic carbocycles. The number of urea groups is 1. The van der Waals surface area contributed by atoms with Crippen molar-refractivity contribution in [1.29, 1.82) is 0 Å². The van der Waals surface area contributed by atoms with E-state index in [1.54, 1.807) is 11.6 Å². The summed E-state index contributed by atoms with van der Waals surface area (Å²) >= 11 is 0. The Labute approximate surface area is 259 Å². The van der Waals surface area contributed by atoms with Crippen LogP contribution in [0.15, 0.2) is 48.5 Å². The van der Waals surface area contributed by atoms with Crippen LogP contribution in [0.1, 0.15) is 66.8 Å². The first-order valence-corrected chi connectivity index (χ1v) is 14.8. The molecule has 238 valence electrons. The van der Waals surface area contributed by atoms with Crippen molar-refractivity contribution in [3.8, 4) is 16.9 Å². The molecule has 45 heavy (non-hydrogen) atoms. The molecule has 0 unspecified atom stereocenters. The number of hydrogen-bond acceptors (Lipinski definition) is 3. The zero-order valence-corrected chi connectivity index (χ0v) is 25.9. The summed E-state index contributed by atoms with van der Waals surface area (Å²) in [6, 6.07) is 10.5. The third-order valence-electron chi connectivity index (χ3n) is 8.66. The van der Waals surface area contributed by atoms with Crippen molar-refractivity contribution in [2.75, 3.05) is 5.32 Å². The lowest BCUT2D eigenvalue weighted by atomic mass is 9.87. The Morgan fingerprint density at radius 3 is 2.27 bits per heavy atom. The summed E-state index contributed by atoms with van der Waals surface area (Å²) in [6.45, 7) is 10.2. The van der Waals surface area contributed by atoms with Gasteiger partial charge in [0.15, 0.2) is 0 Å². The van der Waals surface area contributed by atoms with Crippen LogP contribution in [0.4, 0.5) is 32.4 Å². The molecule has 0 bridgehead atoms. The number of hydrogen-bond donors (Lipinski definition) is 2. The average Bonchev–Trinajstić information content (AvgIpc) is 3.30. The second kappa shape index (κ2) is 11.9. The molecule has 0 radical (unpaired) electrons. The molecule has 0 saturated carbocycles. The minimum Gasteiger partial charge on any atom is -0.351 e. The monoisotopic (exact) mass is 625 g/mol. The Hall–Kier alpha value is -4.25. The number of benzene rings is 3. The molecule has 2 heterocycles. The summed E-state index contributed by atoms with van der Waals surface area (Å²) in [4.78, 5) is 13.5. The van der Waals surface area contributed by atoms with Crippen molar-refractivity contribution in [1.82, 2.24) is 14.7 Å². The highest BCUT2D eigenvalue weighted by Gasteiger charge is 2.39. The molecule has 0 atom stereocenters. The van der Waals surface area contributed by atoms with E-state index in [1.807, 2.05) is 45.9 Å². The Balaban J connectivity index is 1.72. The number of fused-ring (bicyclic) bond motifs is 1. The van der Waals surface area contributed by atoms with E-state index in [1.165, 1.54) is 12.1 Å². The number of carbonyl (C=O) groups is 1. The molecule has 0 spiro atoms. The van der Waals surface area contributed by atoms with Crippen LogP contribution in [0.5, 0.6) is 0 Å². The number of aryl methyl sites for hydroxylation is 3. The van der Waals surface area contributed by atoms with Crippen LogP contribution in [0.2, 0.25) is 0 Å². The predicted molar refractivity (Wildman–Crippen MR) is 164 cm³/mol. The number of nitrogens with zero attached hydrogens (tertiary/aromatic N) is 3. The molecule has 3 N–H and O–H groups in total. The second-order valence-corrected chi connectivity index (χ2v) is 12.1. The zero-order valence-electron chi connectivity index (χ0n) is 25.9. The van der Waals surface area contributed by atoms with E-state index in [0.29, 0.717) is 41.8 Å². The molecule has 2 amide bonds. The molecule has 4 aromatic rings. The number of primary amides is 1. The number of amides is 2. The van der Waals surface area contributed by atoms with Crippen LogP contribution in [0.25, 0.3) is 16.9 Å². The Kier molecular flexibility index (Phi) is 8.52. The summed E-state index contributed by atoms with van der Waals surface area (Å²) in [5, 5.41) is 7.13. The van der Waals surface area contributed by atoms with Gasteiger partial charge in [-0.25, -0.2) is 18.3 Å². The highest BCUT2D eigenvalue weighted by atomic mass is 19.4. The van der Waals surface area contributed by atoms with Gasteiger partial charge >= 0.3 is 12.2 Å². The molecule has 1 aromatic heterocycles. The minimum atomic E-state index is -4.48. The van der Waals surface area contributed by atoms with Crippen LogP contribution >= 0.6 is 0 Å². The van der Waals surface area contributed by atoms with E-state index in [2.05, 4.69) is 10.2 Å². The fourth-order valence-electron chi connectivity index (χ4n) is 6.11. The number of nitrogens with two attached hydrogens (primary N) is 1. The van der Waals surface area contributed by atoms with E-state index < -0.39 is 40.6 Å². The van der Waals surface area contributed by atoms with E-state index in [9.17, 15) is 18.0 Å². The van der Waals surface area contributed by atoms with Crippen molar-refractivity contribution < 1.29 is 26.7 Å². The van der Waals surface area contributed by atoms with Crippen molar-refractivity contribution in [3.63, 3.8) is 0 Å². The molecule has 5 rings (SSSR count). The summed E-state index contributed by atoms with van der Waals surface area (Å²) in [6.07, 6.45) is -2.74. The maximum atomic E-state index is 16.0. The Morgan fingerprint density at radius 1 is 1.00 bits per heavy atom. The maximum absolute atomic E-state index is 16.0. The Bertz CT molecular complexity index is 1750. The van der Waals surface area contributed by atoms with Gasteiger partial charge in [-0.3, -0.25) is 4.90 Å².